The Morgan fingerprint density at radius 2 is 1.70 bits per heavy atom. The summed E-state index contributed by atoms with van der Waals surface area (Å²) < 4.78 is 5.27. The topological polar surface area (TPSA) is 101 Å². The molecule has 0 fully saturated rings. The van der Waals surface area contributed by atoms with Gasteiger partial charge in [0.2, 0.25) is 0 Å². The highest BCUT2D eigenvalue weighted by molar-refractivity contribution is 8.04. The fourth-order valence-electron chi connectivity index (χ4n) is 3.60. The van der Waals surface area contributed by atoms with Crippen molar-refractivity contribution < 1.29 is 19.1 Å². The number of imide groups is 1. The highest BCUT2D eigenvalue weighted by Gasteiger charge is 2.42. The lowest BCUT2D eigenvalue weighted by molar-refractivity contribution is -0.120. The zero-order valence-electron chi connectivity index (χ0n) is 20.2. The van der Waals surface area contributed by atoms with Gasteiger partial charge in [0.05, 0.1) is 27.9 Å². The lowest BCUT2D eigenvalue weighted by Crippen LogP contribution is -2.33. The van der Waals surface area contributed by atoms with Crippen LogP contribution in [0.2, 0.25) is 10.0 Å². The number of nitrogens with zero attached hydrogens (tertiary/aromatic N) is 3. The summed E-state index contributed by atoms with van der Waals surface area (Å²) in [4.78, 5) is 50.0. The molecule has 37 heavy (non-hydrogen) atoms. The molecule has 2 heterocycles. The fourth-order valence-corrected chi connectivity index (χ4v) is 4.87. The zero-order chi connectivity index (χ0) is 26.7. The Morgan fingerprint density at radius 1 is 1.00 bits per heavy atom. The number of halogens is 2. The van der Waals surface area contributed by atoms with Crippen molar-refractivity contribution in [1.82, 2.24) is 9.97 Å². The van der Waals surface area contributed by atoms with Gasteiger partial charge in [0, 0.05) is 17.1 Å². The lowest BCUT2D eigenvalue weighted by atomic mass is 10.1. The second-order valence-corrected chi connectivity index (χ2v) is 9.88. The molecule has 1 N–H and O–H groups in total. The number of aryl methyl sites for hydroxylation is 2. The average Bonchev–Trinajstić information content (AvgIpc) is 3.08. The largest absolute Gasteiger partial charge is 0.462 e. The van der Waals surface area contributed by atoms with Gasteiger partial charge >= 0.3 is 5.97 Å². The fraction of sp³-hybridized carbons (Fsp3) is 0.192. The van der Waals surface area contributed by atoms with Crippen molar-refractivity contribution in [3.63, 3.8) is 0 Å². The number of hydrogen-bond donors (Lipinski definition) is 1. The van der Waals surface area contributed by atoms with Crippen LogP contribution >= 0.6 is 35.0 Å². The van der Waals surface area contributed by atoms with Crippen molar-refractivity contribution in [3.05, 3.63) is 86.1 Å². The van der Waals surface area contributed by atoms with E-state index in [9.17, 15) is 14.4 Å². The molecule has 0 spiro atoms. The molecule has 0 unspecified atom stereocenters. The third-order valence-electron chi connectivity index (χ3n) is 5.19. The van der Waals surface area contributed by atoms with Crippen LogP contribution in [-0.4, -0.2) is 34.4 Å². The molecule has 1 aromatic heterocycles. The Hall–Kier alpha value is -3.40. The molecule has 190 valence electrons. The Morgan fingerprint density at radius 3 is 2.38 bits per heavy atom. The van der Waals surface area contributed by atoms with Crippen LogP contribution in [-0.2, 0) is 14.3 Å². The predicted molar refractivity (Wildman–Crippen MR) is 144 cm³/mol. The van der Waals surface area contributed by atoms with Crippen LogP contribution in [0.1, 0.15) is 35.1 Å². The van der Waals surface area contributed by atoms with E-state index in [1.807, 2.05) is 20.8 Å². The molecule has 3 aromatic rings. The van der Waals surface area contributed by atoms with Crippen LogP contribution < -0.4 is 10.2 Å². The summed E-state index contributed by atoms with van der Waals surface area (Å²) in [6.07, 6.45) is 0.630. The summed E-state index contributed by atoms with van der Waals surface area (Å²) in [6, 6.07) is 12.9. The van der Waals surface area contributed by atoms with Crippen molar-refractivity contribution >= 4 is 64.1 Å². The molecule has 0 saturated heterocycles. The van der Waals surface area contributed by atoms with Crippen molar-refractivity contribution in [2.24, 2.45) is 0 Å². The molecular formula is C26H22Cl2N4O4S. The second kappa shape index (κ2) is 11.3. The van der Waals surface area contributed by atoms with Gasteiger partial charge in [-0.1, -0.05) is 42.3 Å². The van der Waals surface area contributed by atoms with Crippen LogP contribution in [0.4, 0.5) is 11.4 Å². The number of esters is 1. The molecular weight excluding hydrogens is 535 g/mol. The molecule has 2 amide bonds. The smallest absolute Gasteiger partial charge is 0.340 e. The number of aromatic nitrogens is 2. The Kier molecular flexibility index (Phi) is 8.16. The van der Waals surface area contributed by atoms with Crippen LogP contribution in [0, 0.1) is 13.8 Å². The first-order valence-electron chi connectivity index (χ1n) is 11.3. The number of carbonyl (C=O) groups excluding carboxylic acids is 3. The van der Waals surface area contributed by atoms with Crippen LogP contribution in [0.3, 0.4) is 0 Å². The Bertz CT molecular complexity index is 1420. The lowest BCUT2D eigenvalue weighted by Gasteiger charge is -2.18. The Balaban J connectivity index is 1.78. The maximum absolute atomic E-state index is 13.7. The van der Waals surface area contributed by atoms with Gasteiger partial charge in [0.1, 0.15) is 10.6 Å². The molecule has 0 radical (unpaired) electrons. The van der Waals surface area contributed by atoms with Gasteiger partial charge in [-0.15, -0.1) is 0 Å². The van der Waals surface area contributed by atoms with Crippen molar-refractivity contribution in [1.29, 1.82) is 0 Å². The van der Waals surface area contributed by atoms with E-state index >= 15 is 0 Å². The van der Waals surface area contributed by atoms with E-state index in [4.69, 9.17) is 27.9 Å². The zero-order valence-corrected chi connectivity index (χ0v) is 22.5. The van der Waals surface area contributed by atoms with Crippen LogP contribution in [0.5, 0.6) is 0 Å². The number of rotatable bonds is 8. The molecule has 4 rings (SSSR count). The van der Waals surface area contributed by atoms with Crippen LogP contribution in [0.15, 0.2) is 64.3 Å². The number of amides is 2. The first kappa shape index (κ1) is 26.7. The number of carbonyl (C=O) groups is 3. The summed E-state index contributed by atoms with van der Waals surface area (Å²) in [6.45, 7) is 5.71. The van der Waals surface area contributed by atoms with E-state index in [-0.39, 0.29) is 33.5 Å². The van der Waals surface area contributed by atoms with Gasteiger partial charge in [-0.05, 0) is 68.4 Å². The van der Waals surface area contributed by atoms with Gasteiger partial charge in [0.25, 0.3) is 11.8 Å². The standard InChI is InChI=1S/C26H22Cl2N4O4S/c1-4-11-36-25(35)17-7-5-6-8-20(17)32-23(33)21(31-16-9-10-18(27)19(28)13-16)22(24(32)34)37-26-29-14(2)12-15(3)30-26/h5-10,12-13,31H,4,11H2,1-3H3. The minimum absolute atomic E-state index is 0.00660. The summed E-state index contributed by atoms with van der Waals surface area (Å²) >= 11 is 13.2. The first-order chi connectivity index (χ1) is 17.7. The van der Waals surface area contributed by atoms with Gasteiger partial charge in [-0.25, -0.2) is 19.7 Å². The number of ether oxygens (including phenoxy) is 1. The number of anilines is 2. The summed E-state index contributed by atoms with van der Waals surface area (Å²) in [5, 5.41) is 3.93. The number of nitrogens with one attached hydrogen (secondary N) is 1. The van der Waals surface area contributed by atoms with Crippen molar-refractivity contribution in [3.8, 4) is 0 Å². The summed E-state index contributed by atoms with van der Waals surface area (Å²) in [5.41, 5.74) is 2.08. The minimum Gasteiger partial charge on any atom is -0.462 e. The average molecular weight is 557 g/mol. The molecule has 1 aliphatic rings. The molecule has 2 aromatic carbocycles. The number of para-hydroxylation sites is 1. The number of hydrogen-bond acceptors (Lipinski definition) is 8. The third-order valence-corrected chi connectivity index (χ3v) is 6.87. The second-order valence-electron chi connectivity index (χ2n) is 8.09. The van der Waals surface area contributed by atoms with Crippen molar-refractivity contribution in [2.75, 3.05) is 16.8 Å². The normalized spacial score (nSPS) is 13.4. The molecule has 0 atom stereocenters. The van der Waals surface area contributed by atoms with E-state index in [0.29, 0.717) is 33.7 Å². The maximum Gasteiger partial charge on any atom is 0.340 e. The third kappa shape index (κ3) is 5.79. The van der Waals surface area contributed by atoms with E-state index in [1.54, 1.807) is 36.4 Å². The number of benzene rings is 2. The van der Waals surface area contributed by atoms with Gasteiger partial charge in [0.15, 0.2) is 5.16 Å². The summed E-state index contributed by atoms with van der Waals surface area (Å²) in [5.74, 6) is -1.91. The first-order valence-corrected chi connectivity index (χ1v) is 12.9. The highest BCUT2D eigenvalue weighted by atomic mass is 35.5. The van der Waals surface area contributed by atoms with E-state index in [1.165, 1.54) is 12.1 Å². The predicted octanol–water partition coefficient (Wildman–Crippen LogP) is 5.96. The molecule has 11 heteroatoms. The Labute approximate surface area is 228 Å². The van der Waals surface area contributed by atoms with Gasteiger partial charge in [-0.3, -0.25) is 9.59 Å². The molecule has 0 aliphatic carbocycles. The summed E-state index contributed by atoms with van der Waals surface area (Å²) in [7, 11) is 0. The SMILES string of the molecule is CCCOC(=O)c1ccccc1N1C(=O)C(Nc2ccc(Cl)c(Cl)c2)=C(Sc2nc(C)cc(C)n2)C1=O. The minimum atomic E-state index is -0.654. The highest BCUT2D eigenvalue weighted by Crippen LogP contribution is 2.38. The quantitative estimate of drug-likeness (QED) is 0.206. The maximum atomic E-state index is 13.7. The van der Waals surface area contributed by atoms with Gasteiger partial charge < -0.3 is 10.1 Å². The van der Waals surface area contributed by atoms with Gasteiger partial charge in [-0.2, -0.15) is 0 Å². The van der Waals surface area contributed by atoms with E-state index in [0.717, 1.165) is 16.7 Å². The molecule has 0 bridgehead atoms. The van der Waals surface area contributed by atoms with E-state index in [2.05, 4.69) is 15.3 Å². The molecule has 8 nitrogen and oxygen atoms in total. The van der Waals surface area contributed by atoms with E-state index < -0.39 is 17.8 Å². The molecule has 1 aliphatic heterocycles. The number of thioether (sulfide) groups is 1. The molecule has 0 saturated carbocycles. The van der Waals surface area contributed by atoms with Crippen LogP contribution in [0.25, 0.3) is 0 Å². The monoisotopic (exact) mass is 556 g/mol. The van der Waals surface area contributed by atoms with Crippen molar-refractivity contribution in [2.45, 2.75) is 32.3 Å².